The second-order valence-electron chi connectivity index (χ2n) is 6.18. The Morgan fingerprint density at radius 1 is 1.07 bits per heavy atom. The second kappa shape index (κ2) is 3.61. The number of carbonyl (C=O) groups is 1. The van der Waals surface area contributed by atoms with Gasteiger partial charge in [0.25, 0.3) is 0 Å². The summed E-state index contributed by atoms with van der Waals surface area (Å²) in [7, 11) is 0. The van der Waals surface area contributed by atoms with E-state index >= 15 is 0 Å². The number of carbonyl (C=O) groups excluding carboxylic acids is 1. The molecule has 0 aromatic rings. The maximum Gasteiger partial charge on any atom is 0.139 e. The molecule has 3 rings (SSSR count). The molecule has 0 amide bonds. The fraction of sp³-hybridized carbons (Fsp3) is 0.929. The van der Waals surface area contributed by atoms with Crippen LogP contribution in [0.1, 0.15) is 51.9 Å². The van der Waals surface area contributed by atoms with Crippen LogP contribution in [0.4, 0.5) is 0 Å². The van der Waals surface area contributed by atoms with E-state index in [9.17, 15) is 4.79 Å². The van der Waals surface area contributed by atoms with E-state index < -0.39 is 0 Å². The zero-order valence-electron chi connectivity index (χ0n) is 9.74. The highest BCUT2D eigenvalue weighted by Crippen LogP contribution is 2.53. The molecule has 1 heteroatoms. The quantitative estimate of drug-likeness (QED) is 0.642. The zero-order chi connectivity index (χ0) is 10.4. The Hall–Kier alpha value is -0.330. The Morgan fingerprint density at radius 3 is 2.60 bits per heavy atom. The highest BCUT2D eigenvalue weighted by atomic mass is 16.1. The van der Waals surface area contributed by atoms with Crippen LogP contribution in [0.3, 0.4) is 0 Å². The molecule has 5 atom stereocenters. The van der Waals surface area contributed by atoms with Gasteiger partial charge in [-0.3, -0.25) is 4.79 Å². The molecule has 0 N–H and O–H groups in total. The van der Waals surface area contributed by atoms with Crippen LogP contribution in [0.15, 0.2) is 0 Å². The maximum atomic E-state index is 12.2. The largest absolute Gasteiger partial charge is 0.299 e. The molecule has 0 aromatic carbocycles. The standard InChI is InChI=1S/C14H22O/c1-9-3-2-4-12(14(9)15)13-8-10-5-6-11(13)7-10/h9-13H,2-8H2,1H3. The van der Waals surface area contributed by atoms with E-state index in [-0.39, 0.29) is 0 Å². The summed E-state index contributed by atoms with van der Waals surface area (Å²) in [6.07, 6.45) is 9.36. The van der Waals surface area contributed by atoms with Gasteiger partial charge in [-0.1, -0.05) is 19.8 Å². The van der Waals surface area contributed by atoms with Crippen molar-refractivity contribution < 1.29 is 4.79 Å². The van der Waals surface area contributed by atoms with Gasteiger partial charge in [-0.25, -0.2) is 0 Å². The normalized spacial score (nSPS) is 49.9. The van der Waals surface area contributed by atoms with Crippen LogP contribution >= 0.6 is 0 Å². The average Bonchev–Trinajstić information content (AvgIpc) is 2.83. The van der Waals surface area contributed by atoms with Gasteiger partial charge in [0.1, 0.15) is 5.78 Å². The van der Waals surface area contributed by atoms with E-state index in [1.54, 1.807) is 0 Å². The zero-order valence-corrected chi connectivity index (χ0v) is 9.74. The van der Waals surface area contributed by atoms with Crippen LogP contribution < -0.4 is 0 Å². The molecular weight excluding hydrogens is 184 g/mol. The third kappa shape index (κ3) is 1.55. The number of rotatable bonds is 1. The van der Waals surface area contributed by atoms with Crippen molar-refractivity contribution in [2.75, 3.05) is 0 Å². The fourth-order valence-electron chi connectivity index (χ4n) is 4.51. The van der Waals surface area contributed by atoms with Crippen LogP contribution in [0.25, 0.3) is 0 Å². The molecule has 84 valence electrons. The topological polar surface area (TPSA) is 17.1 Å². The lowest BCUT2D eigenvalue weighted by Gasteiger charge is -2.34. The molecule has 0 heterocycles. The number of fused-ring (bicyclic) bond motifs is 2. The first-order valence-corrected chi connectivity index (χ1v) is 6.79. The SMILES string of the molecule is CC1CCCC(C2CC3CCC2C3)C1=O. The first kappa shape index (κ1) is 9.86. The first-order valence-electron chi connectivity index (χ1n) is 6.79. The van der Waals surface area contributed by atoms with Gasteiger partial charge in [0, 0.05) is 11.8 Å². The second-order valence-corrected chi connectivity index (χ2v) is 6.18. The molecule has 5 unspecified atom stereocenters. The summed E-state index contributed by atoms with van der Waals surface area (Å²) < 4.78 is 0. The summed E-state index contributed by atoms with van der Waals surface area (Å²) in [5.41, 5.74) is 0. The molecule has 3 aliphatic carbocycles. The van der Waals surface area contributed by atoms with E-state index in [1.807, 2.05) is 0 Å². The van der Waals surface area contributed by atoms with Crippen molar-refractivity contribution in [1.29, 1.82) is 0 Å². The smallest absolute Gasteiger partial charge is 0.139 e. The molecule has 0 saturated heterocycles. The van der Waals surface area contributed by atoms with Crippen molar-refractivity contribution in [3.63, 3.8) is 0 Å². The van der Waals surface area contributed by atoms with Crippen LogP contribution in [0.5, 0.6) is 0 Å². The van der Waals surface area contributed by atoms with Crippen molar-refractivity contribution in [2.24, 2.45) is 29.6 Å². The summed E-state index contributed by atoms with van der Waals surface area (Å²) >= 11 is 0. The van der Waals surface area contributed by atoms with Gasteiger partial charge in [0.05, 0.1) is 0 Å². The molecule has 3 saturated carbocycles. The molecule has 3 fully saturated rings. The van der Waals surface area contributed by atoms with Crippen molar-refractivity contribution in [1.82, 2.24) is 0 Å². The molecule has 2 bridgehead atoms. The maximum absolute atomic E-state index is 12.2. The van der Waals surface area contributed by atoms with E-state index in [0.717, 1.165) is 24.2 Å². The minimum atomic E-state index is 0.364. The number of Topliss-reactive ketones (excluding diaryl/α,β-unsaturated/α-hetero) is 1. The van der Waals surface area contributed by atoms with E-state index in [0.29, 0.717) is 17.6 Å². The average molecular weight is 206 g/mol. The number of hydrogen-bond donors (Lipinski definition) is 0. The predicted octanol–water partition coefficient (Wildman–Crippen LogP) is 3.43. The van der Waals surface area contributed by atoms with Gasteiger partial charge in [-0.05, 0) is 49.9 Å². The third-order valence-corrected chi connectivity index (χ3v) is 5.31. The van der Waals surface area contributed by atoms with Crippen molar-refractivity contribution in [3.8, 4) is 0 Å². The van der Waals surface area contributed by atoms with Gasteiger partial charge in [0.15, 0.2) is 0 Å². The lowest BCUT2D eigenvalue weighted by molar-refractivity contribution is -0.131. The van der Waals surface area contributed by atoms with Crippen molar-refractivity contribution in [2.45, 2.75) is 51.9 Å². The van der Waals surface area contributed by atoms with Crippen molar-refractivity contribution in [3.05, 3.63) is 0 Å². The van der Waals surface area contributed by atoms with E-state index in [4.69, 9.17) is 0 Å². The molecular formula is C14H22O. The summed E-state index contributed by atoms with van der Waals surface area (Å²) in [6, 6.07) is 0. The molecule has 1 nitrogen and oxygen atoms in total. The lowest BCUT2D eigenvalue weighted by Crippen LogP contribution is -2.34. The lowest BCUT2D eigenvalue weighted by atomic mass is 9.69. The first-order chi connectivity index (χ1) is 7.25. The minimum absolute atomic E-state index is 0.364. The minimum Gasteiger partial charge on any atom is -0.299 e. The van der Waals surface area contributed by atoms with Gasteiger partial charge in [-0.15, -0.1) is 0 Å². The predicted molar refractivity (Wildman–Crippen MR) is 60.5 cm³/mol. The molecule has 15 heavy (non-hydrogen) atoms. The van der Waals surface area contributed by atoms with Crippen LogP contribution in [-0.2, 0) is 4.79 Å². The highest BCUT2D eigenvalue weighted by Gasteiger charge is 2.46. The Balaban J connectivity index is 1.74. The van der Waals surface area contributed by atoms with Gasteiger partial charge >= 0.3 is 0 Å². The molecule has 0 aliphatic heterocycles. The summed E-state index contributed by atoms with van der Waals surface area (Å²) in [6.45, 7) is 2.14. The monoisotopic (exact) mass is 206 g/mol. The molecule has 0 radical (unpaired) electrons. The number of ketones is 1. The third-order valence-electron chi connectivity index (χ3n) is 5.31. The van der Waals surface area contributed by atoms with E-state index in [1.165, 1.54) is 38.5 Å². The van der Waals surface area contributed by atoms with E-state index in [2.05, 4.69) is 6.92 Å². The Labute approximate surface area is 92.6 Å². The highest BCUT2D eigenvalue weighted by molar-refractivity contribution is 5.84. The molecule has 3 aliphatic rings. The summed E-state index contributed by atoms with van der Waals surface area (Å²) in [5, 5.41) is 0. The Kier molecular flexibility index (Phi) is 2.37. The summed E-state index contributed by atoms with van der Waals surface area (Å²) in [5.74, 6) is 4.14. The van der Waals surface area contributed by atoms with Crippen LogP contribution in [-0.4, -0.2) is 5.78 Å². The number of hydrogen-bond acceptors (Lipinski definition) is 1. The van der Waals surface area contributed by atoms with Crippen LogP contribution in [0, 0.1) is 29.6 Å². The van der Waals surface area contributed by atoms with Gasteiger partial charge in [-0.2, -0.15) is 0 Å². The summed E-state index contributed by atoms with van der Waals surface area (Å²) in [4.78, 5) is 12.2. The Morgan fingerprint density at radius 2 is 1.93 bits per heavy atom. The van der Waals surface area contributed by atoms with Crippen molar-refractivity contribution >= 4 is 5.78 Å². The van der Waals surface area contributed by atoms with Gasteiger partial charge < -0.3 is 0 Å². The molecule has 0 aromatic heterocycles. The fourth-order valence-corrected chi connectivity index (χ4v) is 4.51. The Bertz CT molecular complexity index is 271. The van der Waals surface area contributed by atoms with Gasteiger partial charge in [0.2, 0.25) is 0 Å². The molecule has 0 spiro atoms. The van der Waals surface area contributed by atoms with Crippen LogP contribution in [0.2, 0.25) is 0 Å².